The average molecular weight is 298 g/mol. The summed E-state index contributed by atoms with van der Waals surface area (Å²) in [6.45, 7) is 1.04. The SMILES string of the molecule is NCCCCCCNS(=O)(=O)[C@@H]1CCS(=O)(=O)C1. The lowest BCUT2D eigenvalue weighted by atomic mass is 10.2. The van der Waals surface area contributed by atoms with E-state index in [-0.39, 0.29) is 17.9 Å². The highest BCUT2D eigenvalue weighted by molar-refractivity contribution is 7.95. The molecule has 0 unspecified atom stereocenters. The Morgan fingerprint density at radius 3 is 2.39 bits per heavy atom. The van der Waals surface area contributed by atoms with E-state index in [9.17, 15) is 16.8 Å². The van der Waals surface area contributed by atoms with Gasteiger partial charge in [-0.2, -0.15) is 0 Å². The van der Waals surface area contributed by atoms with E-state index < -0.39 is 25.1 Å². The van der Waals surface area contributed by atoms with Crippen molar-refractivity contribution in [3.63, 3.8) is 0 Å². The molecule has 8 heteroatoms. The van der Waals surface area contributed by atoms with Crippen molar-refractivity contribution in [3.05, 3.63) is 0 Å². The first-order valence-electron chi connectivity index (χ1n) is 6.26. The molecular weight excluding hydrogens is 276 g/mol. The number of rotatable bonds is 8. The molecule has 3 N–H and O–H groups in total. The summed E-state index contributed by atoms with van der Waals surface area (Å²) >= 11 is 0. The van der Waals surface area contributed by atoms with Gasteiger partial charge in [0.1, 0.15) is 0 Å². The van der Waals surface area contributed by atoms with Crippen LogP contribution in [0.4, 0.5) is 0 Å². The van der Waals surface area contributed by atoms with Gasteiger partial charge < -0.3 is 5.73 Å². The van der Waals surface area contributed by atoms with Crippen LogP contribution >= 0.6 is 0 Å². The minimum atomic E-state index is -3.48. The summed E-state index contributed by atoms with van der Waals surface area (Å²) in [5, 5.41) is -0.772. The van der Waals surface area contributed by atoms with Crippen LogP contribution in [0.25, 0.3) is 0 Å². The Morgan fingerprint density at radius 2 is 1.83 bits per heavy atom. The molecule has 0 saturated carbocycles. The third-order valence-corrected chi connectivity index (χ3v) is 6.93. The van der Waals surface area contributed by atoms with Gasteiger partial charge >= 0.3 is 0 Å². The van der Waals surface area contributed by atoms with Gasteiger partial charge in [0.2, 0.25) is 10.0 Å². The number of hydrogen-bond donors (Lipinski definition) is 2. The summed E-state index contributed by atoms with van der Waals surface area (Å²) in [7, 11) is -6.63. The Morgan fingerprint density at radius 1 is 1.17 bits per heavy atom. The summed E-state index contributed by atoms with van der Waals surface area (Å²) in [5.74, 6) is -0.259. The molecule has 0 amide bonds. The monoisotopic (exact) mass is 298 g/mol. The first-order valence-corrected chi connectivity index (χ1v) is 9.63. The van der Waals surface area contributed by atoms with E-state index in [0.29, 0.717) is 13.1 Å². The largest absolute Gasteiger partial charge is 0.330 e. The fourth-order valence-corrected chi connectivity index (χ4v) is 6.08. The van der Waals surface area contributed by atoms with Crippen molar-refractivity contribution in [2.24, 2.45) is 5.73 Å². The van der Waals surface area contributed by atoms with E-state index >= 15 is 0 Å². The summed E-state index contributed by atoms with van der Waals surface area (Å²) in [5.41, 5.74) is 5.35. The number of nitrogens with two attached hydrogens (primary N) is 1. The van der Waals surface area contributed by atoms with Crippen molar-refractivity contribution in [3.8, 4) is 0 Å². The molecule has 0 aromatic rings. The molecule has 1 rings (SSSR count). The highest BCUT2D eigenvalue weighted by atomic mass is 32.2. The Labute approximate surface area is 109 Å². The summed E-state index contributed by atoms with van der Waals surface area (Å²) in [6.07, 6.45) is 3.86. The lowest BCUT2D eigenvalue weighted by Gasteiger charge is -2.11. The summed E-state index contributed by atoms with van der Waals surface area (Å²) in [6, 6.07) is 0. The van der Waals surface area contributed by atoms with E-state index in [1.54, 1.807) is 0 Å². The van der Waals surface area contributed by atoms with Crippen molar-refractivity contribution in [1.29, 1.82) is 0 Å². The third-order valence-electron chi connectivity index (χ3n) is 3.06. The fraction of sp³-hybridized carbons (Fsp3) is 1.00. The van der Waals surface area contributed by atoms with E-state index in [1.165, 1.54) is 0 Å². The van der Waals surface area contributed by atoms with Crippen LogP contribution in [-0.4, -0.2) is 46.7 Å². The van der Waals surface area contributed by atoms with Crippen molar-refractivity contribution >= 4 is 19.9 Å². The molecule has 0 aliphatic carbocycles. The highest BCUT2D eigenvalue weighted by Crippen LogP contribution is 2.18. The van der Waals surface area contributed by atoms with E-state index in [1.807, 2.05) is 0 Å². The normalized spacial score (nSPS) is 23.3. The van der Waals surface area contributed by atoms with Gasteiger partial charge in [-0.3, -0.25) is 0 Å². The molecule has 1 atom stereocenters. The molecule has 0 bridgehead atoms. The van der Waals surface area contributed by atoms with Crippen LogP contribution < -0.4 is 10.5 Å². The second-order valence-electron chi connectivity index (χ2n) is 4.67. The van der Waals surface area contributed by atoms with E-state index in [0.717, 1.165) is 25.7 Å². The number of unbranched alkanes of at least 4 members (excludes halogenated alkanes) is 3. The first-order chi connectivity index (χ1) is 8.37. The van der Waals surface area contributed by atoms with Crippen molar-refractivity contribution < 1.29 is 16.8 Å². The Kier molecular flexibility index (Phi) is 6.03. The number of sulfonamides is 1. The Bertz CT molecular complexity index is 444. The van der Waals surface area contributed by atoms with Crippen LogP contribution in [0.5, 0.6) is 0 Å². The van der Waals surface area contributed by atoms with E-state index in [2.05, 4.69) is 4.72 Å². The third kappa shape index (κ3) is 5.21. The number of hydrogen-bond acceptors (Lipinski definition) is 5. The molecule has 108 valence electrons. The molecule has 1 saturated heterocycles. The molecule has 0 aromatic heterocycles. The van der Waals surface area contributed by atoms with Gasteiger partial charge in [-0.15, -0.1) is 0 Å². The Hall–Kier alpha value is -0.180. The maximum Gasteiger partial charge on any atom is 0.215 e. The number of sulfone groups is 1. The van der Waals surface area contributed by atoms with Crippen LogP contribution in [0.15, 0.2) is 0 Å². The van der Waals surface area contributed by atoms with Crippen LogP contribution in [0.2, 0.25) is 0 Å². The zero-order valence-electron chi connectivity index (χ0n) is 10.5. The molecule has 1 fully saturated rings. The molecule has 18 heavy (non-hydrogen) atoms. The van der Waals surface area contributed by atoms with Crippen LogP contribution in [0.3, 0.4) is 0 Å². The zero-order chi connectivity index (χ0) is 13.6. The van der Waals surface area contributed by atoms with Gasteiger partial charge in [-0.05, 0) is 25.8 Å². The quantitative estimate of drug-likeness (QED) is 0.594. The van der Waals surface area contributed by atoms with Gasteiger partial charge in [0.05, 0.1) is 16.8 Å². The predicted octanol–water partition coefficient (Wildman–Crippen LogP) is -0.388. The molecule has 1 aliphatic rings. The summed E-state index contributed by atoms with van der Waals surface area (Å²) < 4.78 is 48.6. The van der Waals surface area contributed by atoms with Gasteiger partial charge in [0.15, 0.2) is 9.84 Å². The lowest BCUT2D eigenvalue weighted by molar-refractivity contribution is 0.560. The number of nitrogens with one attached hydrogen (secondary N) is 1. The maximum absolute atomic E-state index is 11.8. The molecular formula is C10H22N2O4S2. The zero-order valence-corrected chi connectivity index (χ0v) is 12.1. The van der Waals surface area contributed by atoms with Gasteiger partial charge in [-0.25, -0.2) is 21.6 Å². The van der Waals surface area contributed by atoms with Crippen molar-refractivity contribution in [2.45, 2.75) is 37.4 Å². The second-order valence-corrected chi connectivity index (χ2v) is 8.94. The minimum absolute atomic E-state index is 0.0188. The second kappa shape index (κ2) is 6.83. The van der Waals surface area contributed by atoms with Gasteiger partial charge in [-0.1, -0.05) is 12.8 Å². The molecule has 1 aliphatic heterocycles. The standard InChI is InChI=1S/C10H22N2O4S2/c11-6-3-1-2-4-7-12-18(15,16)10-5-8-17(13,14)9-10/h10,12H,1-9,11H2/t10-/m1/s1. The average Bonchev–Trinajstić information content (AvgIpc) is 2.65. The molecule has 0 radical (unpaired) electrons. The van der Waals surface area contributed by atoms with Gasteiger partial charge in [0, 0.05) is 6.54 Å². The predicted molar refractivity (Wildman–Crippen MR) is 71.5 cm³/mol. The van der Waals surface area contributed by atoms with Crippen LogP contribution in [0.1, 0.15) is 32.1 Å². The lowest BCUT2D eigenvalue weighted by Crippen LogP contribution is -2.35. The smallest absolute Gasteiger partial charge is 0.215 e. The van der Waals surface area contributed by atoms with Crippen LogP contribution in [0, 0.1) is 0 Å². The fourth-order valence-electron chi connectivity index (χ4n) is 1.96. The van der Waals surface area contributed by atoms with Crippen LogP contribution in [-0.2, 0) is 19.9 Å². The van der Waals surface area contributed by atoms with Crippen molar-refractivity contribution in [2.75, 3.05) is 24.6 Å². The summed E-state index contributed by atoms with van der Waals surface area (Å²) in [4.78, 5) is 0. The minimum Gasteiger partial charge on any atom is -0.330 e. The first kappa shape index (κ1) is 15.9. The molecule has 0 spiro atoms. The topological polar surface area (TPSA) is 106 Å². The highest BCUT2D eigenvalue weighted by Gasteiger charge is 2.36. The van der Waals surface area contributed by atoms with E-state index in [4.69, 9.17) is 5.73 Å². The maximum atomic E-state index is 11.8. The van der Waals surface area contributed by atoms with Gasteiger partial charge in [0.25, 0.3) is 0 Å². The Balaban J connectivity index is 2.28. The van der Waals surface area contributed by atoms with Crippen molar-refractivity contribution in [1.82, 2.24) is 4.72 Å². The molecule has 0 aromatic carbocycles. The molecule has 1 heterocycles. The molecule has 6 nitrogen and oxygen atoms in total.